The number of Topliss-reactive ketones (excluding diaryl/α,β-unsaturated/α-hetero) is 1. The standard InChI is InChI=1S/C26H44N2O3/c1-15(28(5)6)21-16(30)11-23(3)18-8-7-17-22(2,14-29)19(27)9-10-25(17)13-26(18,25)20(31)12-24(21,23)4/h15-19,21,29-30H,7-14,27H2,1-6H3/t15?,16-,17?,18?,19+,21?,22+,23+,24-,25-,26?/m1/s1. The quantitative estimate of drug-likeness (QED) is 0.638. The molecular weight excluding hydrogens is 388 g/mol. The molecule has 0 radical (unpaired) electrons. The van der Waals surface area contributed by atoms with E-state index < -0.39 is 0 Å². The van der Waals surface area contributed by atoms with Crippen LogP contribution in [0, 0.1) is 44.8 Å². The monoisotopic (exact) mass is 432 g/mol. The highest BCUT2D eigenvalue weighted by Crippen LogP contribution is 2.87. The number of nitrogens with two attached hydrogens (primary N) is 1. The molecule has 0 aromatic carbocycles. The van der Waals surface area contributed by atoms with Gasteiger partial charge < -0.3 is 20.8 Å². The highest BCUT2D eigenvalue weighted by Gasteiger charge is 2.86. The molecule has 0 bridgehead atoms. The van der Waals surface area contributed by atoms with Gasteiger partial charge in [-0.2, -0.15) is 0 Å². The van der Waals surface area contributed by atoms with Crippen LogP contribution in [0.5, 0.6) is 0 Å². The highest BCUT2D eigenvalue weighted by molar-refractivity contribution is 5.92. The van der Waals surface area contributed by atoms with Gasteiger partial charge >= 0.3 is 0 Å². The van der Waals surface area contributed by atoms with Crippen molar-refractivity contribution in [3.8, 4) is 0 Å². The van der Waals surface area contributed by atoms with Crippen LogP contribution in [-0.4, -0.2) is 59.8 Å². The van der Waals surface area contributed by atoms with Crippen LogP contribution < -0.4 is 5.73 Å². The van der Waals surface area contributed by atoms with E-state index >= 15 is 0 Å². The van der Waals surface area contributed by atoms with Gasteiger partial charge in [0.25, 0.3) is 0 Å². The minimum atomic E-state index is -0.356. The number of carbonyl (C=O) groups is 1. The SMILES string of the molecule is CC(C1[C@H](O)C[C@@]2(C)C3CCC4[C@@]5(CC[C@H](N)[C@@]4(C)CO)CC35C(=O)C[C@]12C)N(C)C. The molecule has 4 N–H and O–H groups in total. The first-order valence-corrected chi connectivity index (χ1v) is 12.6. The average molecular weight is 433 g/mol. The van der Waals surface area contributed by atoms with Gasteiger partial charge in [-0.05, 0) is 87.6 Å². The number of ketones is 1. The van der Waals surface area contributed by atoms with Crippen molar-refractivity contribution in [3.63, 3.8) is 0 Å². The number of aliphatic hydroxyl groups is 2. The molecule has 0 aromatic rings. The fraction of sp³-hybridized carbons (Fsp3) is 0.962. The van der Waals surface area contributed by atoms with E-state index in [0.717, 1.165) is 38.5 Å². The van der Waals surface area contributed by atoms with Crippen LogP contribution in [0.15, 0.2) is 0 Å². The van der Waals surface area contributed by atoms with Crippen LogP contribution >= 0.6 is 0 Å². The van der Waals surface area contributed by atoms with E-state index in [1.54, 1.807) is 0 Å². The lowest BCUT2D eigenvalue weighted by Gasteiger charge is -2.62. The number of nitrogens with zero attached hydrogens (tertiary/aromatic N) is 1. The summed E-state index contributed by atoms with van der Waals surface area (Å²) in [6.07, 6.45) is 6.06. The molecule has 176 valence electrons. The molecule has 5 rings (SSSR count). The van der Waals surface area contributed by atoms with Gasteiger partial charge in [0, 0.05) is 35.3 Å². The van der Waals surface area contributed by atoms with Crippen molar-refractivity contribution in [1.82, 2.24) is 4.90 Å². The Balaban J connectivity index is 1.58. The summed E-state index contributed by atoms with van der Waals surface area (Å²) in [7, 11) is 4.18. The van der Waals surface area contributed by atoms with Gasteiger partial charge in [-0.3, -0.25) is 4.79 Å². The van der Waals surface area contributed by atoms with Crippen molar-refractivity contribution in [2.75, 3.05) is 20.7 Å². The molecule has 31 heavy (non-hydrogen) atoms. The molecule has 0 saturated heterocycles. The molecule has 5 nitrogen and oxygen atoms in total. The van der Waals surface area contributed by atoms with E-state index in [1.807, 2.05) is 0 Å². The van der Waals surface area contributed by atoms with Gasteiger partial charge in [0.1, 0.15) is 5.78 Å². The van der Waals surface area contributed by atoms with Crippen LogP contribution in [0.25, 0.3) is 0 Å². The second kappa shape index (κ2) is 6.34. The smallest absolute Gasteiger partial charge is 0.140 e. The maximum Gasteiger partial charge on any atom is 0.140 e. The van der Waals surface area contributed by atoms with E-state index in [4.69, 9.17) is 5.73 Å². The van der Waals surface area contributed by atoms with Gasteiger partial charge in [-0.25, -0.2) is 0 Å². The normalized spacial score (nSPS) is 58.9. The molecule has 5 aliphatic carbocycles. The average Bonchev–Trinajstić information content (AvgIpc) is 3.34. The molecule has 5 unspecified atom stereocenters. The Hall–Kier alpha value is -0.490. The topological polar surface area (TPSA) is 86.8 Å². The summed E-state index contributed by atoms with van der Waals surface area (Å²) in [5.41, 5.74) is 5.86. The molecular formula is C26H44N2O3. The van der Waals surface area contributed by atoms with Crippen molar-refractivity contribution in [1.29, 1.82) is 0 Å². The number of carbonyl (C=O) groups excluding carboxylic acids is 1. The zero-order chi connectivity index (χ0) is 22.8. The first-order chi connectivity index (χ1) is 14.4. The van der Waals surface area contributed by atoms with Crippen LogP contribution in [0.1, 0.15) is 72.6 Å². The van der Waals surface area contributed by atoms with Gasteiger partial charge in [-0.1, -0.05) is 20.8 Å². The summed E-state index contributed by atoms with van der Waals surface area (Å²) >= 11 is 0. The van der Waals surface area contributed by atoms with Crippen molar-refractivity contribution in [2.45, 2.75) is 90.8 Å². The summed E-state index contributed by atoms with van der Waals surface area (Å²) in [5.74, 6) is 1.25. The Bertz CT molecular complexity index is 802. The first kappa shape index (κ1) is 22.3. The van der Waals surface area contributed by atoms with Crippen LogP contribution in [0.3, 0.4) is 0 Å². The molecule has 0 amide bonds. The minimum absolute atomic E-state index is 0.0143. The number of rotatable bonds is 3. The highest BCUT2D eigenvalue weighted by atomic mass is 16.3. The molecule has 0 heterocycles. The molecule has 5 aliphatic rings. The second-order valence-electron chi connectivity index (χ2n) is 13.2. The maximum atomic E-state index is 14.2. The summed E-state index contributed by atoms with van der Waals surface area (Å²) in [6, 6.07) is 0.249. The van der Waals surface area contributed by atoms with E-state index in [1.165, 1.54) is 0 Å². The first-order valence-electron chi connectivity index (χ1n) is 12.6. The Morgan fingerprint density at radius 1 is 1.13 bits per heavy atom. The molecule has 5 saturated carbocycles. The van der Waals surface area contributed by atoms with Crippen molar-refractivity contribution < 1.29 is 15.0 Å². The number of fused-ring (bicyclic) bond motifs is 2. The summed E-state index contributed by atoms with van der Waals surface area (Å²) in [6.45, 7) is 9.22. The predicted octanol–water partition coefficient (Wildman–Crippen LogP) is 2.83. The lowest BCUT2D eigenvalue weighted by molar-refractivity contribution is -0.172. The third-order valence-electron chi connectivity index (χ3n) is 12.5. The largest absolute Gasteiger partial charge is 0.396 e. The van der Waals surface area contributed by atoms with Gasteiger partial charge in [-0.15, -0.1) is 0 Å². The second-order valence-corrected chi connectivity index (χ2v) is 13.2. The number of hydrogen-bond acceptors (Lipinski definition) is 5. The Labute approximate surface area is 188 Å². The fourth-order valence-electron chi connectivity index (χ4n) is 10.4. The zero-order valence-corrected chi connectivity index (χ0v) is 20.4. The predicted molar refractivity (Wildman–Crippen MR) is 121 cm³/mol. The van der Waals surface area contributed by atoms with E-state index in [9.17, 15) is 15.0 Å². The molecule has 11 atom stereocenters. The lowest BCUT2D eigenvalue weighted by atomic mass is 9.41. The third-order valence-corrected chi connectivity index (χ3v) is 12.5. The van der Waals surface area contributed by atoms with Crippen LogP contribution in [0.4, 0.5) is 0 Å². The maximum absolute atomic E-state index is 14.2. The Morgan fingerprint density at radius 2 is 1.77 bits per heavy atom. The molecule has 0 aromatic heterocycles. The number of hydrogen-bond donors (Lipinski definition) is 3. The van der Waals surface area contributed by atoms with Crippen molar-refractivity contribution in [3.05, 3.63) is 0 Å². The zero-order valence-electron chi connectivity index (χ0n) is 20.4. The fourth-order valence-corrected chi connectivity index (χ4v) is 10.4. The summed E-state index contributed by atoms with van der Waals surface area (Å²) in [5, 5.41) is 21.7. The van der Waals surface area contributed by atoms with Crippen LogP contribution in [-0.2, 0) is 4.79 Å². The Kier molecular flexibility index (Phi) is 4.56. The lowest BCUT2D eigenvalue weighted by Crippen LogP contribution is -2.63. The van der Waals surface area contributed by atoms with E-state index in [0.29, 0.717) is 24.0 Å². The van der Waals surface area contributed by atoms with Crippen molar-refractivity contribution >= 4 is 5.78 Å². The van der Waals surface area contributed by atoms with Gasteiger partial charge in [0.05, 0.1) is 12.7 Å². The van der Waals surface area contributed by atoms with Gasteiger partial charge in [0.15, 0.2) is 0 Å². The molecule has 5 heteroatoms. The minimum Gasteiger partial charge on any atom is -0.396 e. The molecule has 0 aliphatic heterocycles. The number of aliphatic hydroxyl groups excluding tert-OH is 2. The summed E-state index contributed by atoms with van der Waals surface area (Å²) < 4.78 is 0. The molecule has 2 spiro atoms. The van der Waals surface area contributed by atoms with Gasteiger partial charge in [0.2, 0.25) is 0 Å². The molecule has 5 fully saturated rings. The third kappa shape index (κ3) is 2.26. The van der Waals surface area contributed by atoms with E-state index in [-0.39, 0.29) is 57.8 Å². The van der Waals surface area contributed by atoms with Crippen LogP contribution in [0.2, 0.25) is 0 Å². The van der Waals surface area contributed by atoms with E-state index in [2.05, 4.69) is 46.7 Å². The van der Waals surface area contributed by atoms with Crippen molar-refractivity contribution in [2.24, 2.45) is 50.6 Å². The summed E-state index contributed by atoms with van der Waals surface area (Å²) in [4.78, 5) is 16.4. The Morgan fingerprint density at radius 3 is 2.39 bits per heavy atom.